The van der Waals surface area contributed by atoms with Crippen LogP contribution in [0.1, 0.15) is 205 Å². The molecule has 0 spiro atoms. The van der Waals surface area contributed by atoms with Crippen molar-refractivity contribution in [1.29, 1.82) is 0 Å². The zero-order valence-corrected chi connectivity index (χ0v) is 57.9. The maximum absolute atomic E-state index is 6.89. The Morgan fingerprint density at radius 2 is 0.670 bits per heavy atom. The summed E-state index contributed by atoms with van der Waals surface area (Å²) in [6.45, 7) is 46.5. The molecule has 91 heavy (non-hydrogen) atoms. The van der Waals surface area contributed by atoms with Crippen LogP contribution in [0, 0.1) is 0 Å². The van der Waals surface area contributed by atoms with Crippen molar-refractivity contribution in [2.75, 3.05) is 9.80 Å². The van der Waals surface area contributed by atoms with Gasteiger partial charge in [-0.25, -0.2) is 0 Å². The number of hydrogen-bond acceptors (Lipinski definition) is 3. The molecule has 0 bridgehead atoms. The molecule has 0 saturated heterocycles. The first-order chi connectivity index (χ1) is 42.6. The third-order valence-electron chi connectivity index (χ3n) is 20.3. The molecule has 3 nitrogen and oxygen atoms in total. The second-order valence-electron chi connectivity index (χ2n) is 33.2. The molecule has 0 N–H and O–H groups in total. The van der Waals surface area contributed by atoms with Crippen LogP contribution in [-0.2, 0) is 43.3 Å². The molecule has 10 aromatic carbocycles. The minimum Gasteiger partial charge on any atom is -0.456 e. The van der Waals surface area contributed by atoms with E-state index < -0.39 is 10.8 Å². The lowest BCUT2D eigenvalue weighted by atomic mass is 9.66. The molecule has 0 saturated carbocycles. The standard InChI is InChI=1S/C88H94N2O/c1-81(2,3)55-25-27-60(28-26-55)88(62-38-50-77-71(52-62)70-51-61(86(16,17)18)37-49-76(70)91-77)73-53-67(89(63-39-29-56(30-40-63)82(4,5)6)64-41-31-57(32-42-64)83(7,8)9)47-48-69(73)78-74(88)54-75(80-79(78)68-23-21-22-24-72(68)87(80,19)20)90(65-43-33-58(34-44-65)84(10,11)12)66-45-35-59(36-46-66)85(13,14)15/h21-54H,1-20H3. The van der Waals surface area contributed by atoms with Crippen LogP contribution in [0.5, 0.6) is 0 Å². The van der Waals surface area contributed by atoms with E-state index in [1.54, 1.807) is 0 Å². The van der Waals surface area contributed by atoms with E-state index in [1.165, 1.54) is 94.7 Å². The van der Waals surface area contributed by atoms with Crippen LogP contribution < -0.4 is 9.80 Å². The molecule has 2 aliphatic carbocycles. The lowest BCUT2D eigenvalue weighted by Crippen LogP contribution is -2.30. The van der Waals surface area contributed by atoms with Crippen LogP contribution in [-0.4, -0.2) is 0 Å². The molecule has 1 unspecified atom stereocenters. The number of anilines is 6. The molecule has 0 amide bonds. The summed E-state index contributed by atoms with van der Waals surface area (Å²) < 4.78 is 6.89. The van der Waals surface area contributed by atoms with Gasteiger partial charge in [0.1, 0.15) is 11.2 Å². The molecule has 1 atom stereocenters. The van der Waals surface area contributed by atoms with Crippen LogP contribution in [0.25, 0.3) is 44.2 Å². The fourth-order valence-corrected chi connectivity index (χ4v) is 14.9. The average molecular weight is 1200 g/mol. The lowest BCUT2D eigenvalue weighted by molar-refractivity contribution is 0.589. The number of benzene rings is 10. The van der Waals surface area contributed by atoms with Gasteiger partial charge in [-0.3, -0.25) is 0 Å². The Labute approximate surface area is 544 Å². The van der Waals surface area contributed by atoms with E-state index in [-0.39, 0.29) is 32.5 Å². The van der Waals surface area contributed by atoms with Gasteiger partial charge in [-0.1, -0.05) is 254 Å². The zero-order chi connectivity index (χ0) is 64.9. The van der Waals surface area contributed by atoms with Crippen molar-refractivity contribution >= 4 is 56.1 Å². The van der Waals surface area contributed by atoms with Crippen molar-refractivity contribution in [2.45, 2.75) is 182 Å². The molecule has 0 radical (unpaired) electrons. The van der Waals surface area contributed by atoms with E-state index in [4.69, 9.17) is 4.42 Å². The van der Waals surface area contributed by atoms with Crippen LogP contribution >= 0.6 is 0 Å². The quantitative estimate of drug-likeness (QED) is 0.151. The molecule has 0 fully saturated rings. The Morgan fingerprint density at radius 3 is 1.13 bits per heavy atom. The van der Waals surface area contributed by atoms with Gasteiger partial charge in [-0.2, -0.15) is 0 Å². The highest BCUT2D eigenvalue weighted by Crippen LogP contribution is 2.66. The van der Waals surface area contributed by atoms with Crippen molar-refractivity contribution in [3.63, 3.8) is 0 Å². The second-order valence-corrected chi connectivity index (χ2v) is 33.2. The van der Waals surface area contributed by atoms with Gasteiger partial charge in [-0.05, 0) is 213 Å². The third kappa shape index (κ3) is 10.3. The summed E-state index contributed by atoms with van der Waals surface area (Å²) in [4.78, 5) is 5.09. The monoisotopic (exact) mass is 1190 g/mol. The molecule has 462 valence electrons. The van der Waals surface area contributed by atoms with Crippen molar-refractivity contribution in [3.8, 4) is 22.3 Å². The summed E-state index contributed by atoms with van der Waals surface area (Å²) >= 11 is 0. The van der Waals surface area contributed by atoms with Crippen LogP contribution in [0.2, 0.25) is 0 Å². The number of hydrogen-bond donors (Lipinski definition) is 0. The highest BCUT2D eigenvalue weighted by Gasteiger charge is 2.52. The Balaban J connectivity index is 1.21. The lowest BCUT2D eigenvalue weighted by Gasteiger charge is -2.38. The highest BCUT2D eigenvalue weighted by atomic mass is 16.3. The molecule has 0 aliphatic heterocycles. The van der Waals surface area contributed by atoms with Crippen LogP contribution in [0.3, 0.4) is 0 Å². The van der Waals surface area contributed by atoms with Crippen molar-refractivity contribution < 1.29 is 4.42 Å². The second kappa shape index (κ2) is 21.1. The maximum Gasteiger partial charge on any atom is 0.135 e. The third-order valence-corrected chi connectivity index (χ3v) is 20.3. The first-order valence-electron chi connectivity index (χ1n) is 33.2. The fraction of sp³-hybridized carbons (Fsp3) is 0.318. The first kappa shape index (κ1) is 61.5. The molecule has 2 aliphatic rings. The summed E-state index contributed by atoms with van der Waals surface area (Å²) in [7, 11) is 0. The number of nitrogens with zero attached hydrogens (tertiary/aromatic N) is 2. The van der Waals surface area contributed by atoms with Gasteiger partial charge >= 0.3 is 0 Å². The Hall–Kier alpha value is -8.40. The zero-order valence-electron chi connectivity index (χ0n) is 57.9. The van der Waals surface area contributed by atoms with Crippen molar-refractivity contribution in [1.82, 2.24) is 0 Å². The Bertz CT molecular complexity index is 4490. The molecule has 11 aromatic rings. The molecule has 13 rings (SSSR count). The predicted octanol–water partition coefficient (Wildman–Crippen LogP) is 25.0. The molecule has 1 aromatic heterocycles. The van der Waals surface area contributed by atoms with Gasteiger partial charge < -0.3 is 14.2 Å². The predicted molar refractivity (Wildman–Crippen MR) is 390 cm³/mol. The van der Waals surface area contributed by atoms with Gasteiger partial charge in [0.25, 0.3) is 0 Å². The van der Waals surface area contributed by atoms with E-state index in [0.717, 1.165) is 50.4 Å². The molecule has 3 heteroatoms. The van der Waals surface area contributed by atoms with Gasteiger partial charge in [0.2, 0.25) is 0 Å². The number of fused-ring (bicyclic) bond motifs is 10. The SMILES string of the molecule is CC(C)(C)c1ccc(N(c2ccc(C(C)(C)C)cc2)c2ccc3c(c2)C(c2ccc(C(C)(C)C)cc2)(c2ccc4oc5ccc(C(C)(C)C)cc5c4c2)c2cc(N(c4ccc(C(C)(C)C)cc4)c4ccc(C(C)(C)C)cc4)c4c(c2-3)-c2ccccc2C4(C)C)cc1. The molecular weight excluding hydrogens is 1100 g/mol. The molecular formula is C88H94N2O. The topological polar surface area (TPSA) is 19.6 Å². The summed E-state index contributed by atoms with van der Waals surface area (Å²) in [6.07, 6.45) is 0. The van der Waals surface area contributed by atoms with Crippen molar-refractivity contribution in [3.05, 3.63) is 273 Å². The molecule has 1 heterocycles. The van der Waals surface area contributed by atoms with Crippen LogP contribution in [0.4, 0.5) is 34.1 Å². The van der Waals surface area contributed by atoms with Gasteiger partial charge in [-0.15, -0.1) is 0 Å². The van der Waals surface area contributed by atoms with Gasteiger partial charge in [0, 0.05) is 44.6 Å². The Kier molecular flexibility index (Phi) is 14.2. The van der Waals surface area contributed by atoms with E-state index in [1.807, 2.05) is 0 Å². The van der Waals surface area contributed by atoms with E-state index in [9.17, 15) is 0 Å². The van der Waals surface area contributed by atoms with Gasteiger partial charge in [0.05, 0.1) is 11.1 Å². The minimum atomic E-state index is -0.891. The van der Waals surface area contributed by atoms with E-state index >= 15 is 0 Å². The Morgan fingerprint density at radius 1 is 0.297 bits per heavy atom. The van der Waals surface area contributed by atoms with Crippen LogP contribution in [0.15, 0.2) is 211 Å². The number of furan rings is 1. The first-order valence-corrected chi connectivity index (χ1v) is 33.2. The summed E-state index contributed by atoms with van der Waals surface area (Å²) in [6, 6.07) is 80.7. The van der Waals surface area contributed by atoms with Crippen molar-refractivity contribution in [2.24, 2.45) is 0 Å². The average Bonchev–Trinajstić information content (AvgIpc) is 1.51. The fourth-order valence-electron chi connectivity index (χ4n) is 14.9. The van der Waals surface area contributed by atoms with E-state index in [2.05, 4.69) is 355 Å². The van der Waals surface area contributed by atoms with E-state index in [0.29, 0.717) is 0 Å². The normalized spacial score (nSPS) is 15.6. The van der Waals surface area contributed by atoms with Gasteiger partial charge in [0.15, 0.2) is 0 Å². The summed E-state index contributed by atoms with van der Waals surface area (Å²) in [5.41, 5.74) is 27.4. The highest BCUT2D eigenvalue weighted by molar-refractivity contribution is 6.08. The number of rotatable bonds is 8. The largest absolute Gasteiger partial charge is 0.456 e. The summed E-state index contributed by atoms with van der Waals surface area (Å²) in [5, 5.41) is 2.24. The minimum absolute atomic E-state index is 0.0113. The summed E-state index contributed by atoms with van der Waals surface area (Å²) in [5.74, 6) is 0. The smallest absolute Gasteiger partial charge is 0.135 e. The maximum atomic E-state index is 6.89.